The Labute approximate surface area is 170 Å². The highest BCUT2D eigenvalue weighted by Crippen LogP contribution is 2.33. The number of rotatable bonds is 6. The molecular weight excluding hydrogens is 372 g/mol. The van der Waals surface area contributed by atoms with Gasteiger partial charge in [-0.05, 0) is 24.5 Å². The van der Waals surface area contributed by atoms with E-state index in [1.54, 1.807) is 24.1 Å². The molecule has 8 heteroatoms. The van der Waals surface area contributed by atoms with Crippen molar-refractivity contribution in [1.29, 1.82) is 0 Å². The van der Waals surface area contributed by atoms with Crippen LogP contribution in [0.3, 0.4) is 0 Å². The Morgan fingerprint density at radius 1 is 1.31 bits per heavy atom. The van der Waals surface area contributed by atoms with Crippen molar-refractivity contribution in [2.75, 3.05) is 32.8 Å². The van der Waals surface area contributed by atoms with Crippen molar-refractivity contribution >= 4 is 5.91 Å². The maximum Gasteiger partial charge on any atom is 0.254 e. The number of benzene rings is 1. The van der Waals surface area contributed by atoms with E-state index >= 15 is 0 Å². The molecule has 156 valence electrons. The number of hydrogen-bond donors (Lipinski definition) is 2. The number of carbonyl (C=O) groups is 1. The number of morpholine rings is 1. The summed E-state index contributed by atoms with van der Waals surface area (Å²) in [5.41, 5.74) is 0.533. The molecule has 1 aliphatic carbocycles. The van der Waals surface area contributed by atoms with E-state index in [1.165, 1.54) is 0 Å². The van der Waals surface area contributed by atoms with E-state index in [9.17, 15) is 9.90 Å². The van der Waals surface area contributed by atoms with E-state index in [0.717, 1.165) is 18.8 Å². The maximum atomic E-state index is 12.5. The lowest BCUT2D eigenvalue weighted by molar-refractivity contribution is -0.0386. The van der Waals surface area contributed by atoms with Crippen molar-refractivity contribution in [3.8, 4) is 5.75 Å². The SMILES string of the molecule is Cn1cc(C(=O)NC[C@@H]2C[C@@H](Oc3ccccc3)[C@H](O)[C@H]2N2CCOCC2)cn1. The molecule has 0 spiro atoms. The molecule has 0 radical (unpaired) electrons. The Hall–Kier alpha value is -2.42. The predicted molar refractivity (Wildman–Crippen MR) is 107 cm³/mol. The molecule has 1 aromatic heterocycles. The number of aliphatic hydroxyl groups is 1. The number of nitrogens with one attached hydrogen (secondary N) is 1. The highest BCUT2D eigenvalue weighted by Gasteiger charge is 2.46. The normalized spacial score (nSPS) is 27.7. The van der Waals surface area contributed by atoms with E-state index in [0.29, 0.717) is 31.7 Å². The average molecular weight is 400 g/mol. The van der Waals surface area contributed by atoms with Gasteiger partial charge in [-0.1, -0.05) is 18.2 Å². The molecule has 2 heterocycles. The molecule has 2 N–H and O–H groups in total. The summed E-state index contributed by atoms with van der Waals surface area (Å²) in [5, 5.41) is 18.1. The number of para-hydroxylation sites is 1. The van der Waals surface area contributed by atoms with Crippen LogP contribution < -0.4 is 10.1 Å². The summed E-state index contributed by atoms with van der Waals surface area (Å²) in [7, 11) is 1.78. The van der Waals surface area contributed by atoms with Crippen molar-refractivity contribution in [2.24, 2.45) is 13.0 Å². The van der Waals surface area contributed by atoms with Gasteiger partial charge in [0.25, 0.3) is 5.91 Å². The average Bonchev–Trinajstić information content (AvgIpc) is 3.31. The van der Waals surface area contributed by atoms with E-state index in [-0.39, 0.29) is 24.0 Å². The molecule has 1 saturated heterocycles. The smallest absolute Gasteiger partial charge is 0.254 e. The summed E-state index contributed by atoms with van der Waals surface area (Å²) in [6.07, 6.45) is 2.98. The lowest BCUT2D eigenvalue weighted by atomic mass is 10.0. The highest BCUT2D eigenvalue weighted by molar-refractivity contribution is 5.93. The zero-order valence-corrected chi connectivity index (χ0v) is 16.6. The van der Waals surface area contributed by atoms with Crippen LogP contribution in [-0.4, -0.2) is 76.8 Å². The molecule has 29 heavy (non-hydrogen) atoms. The Bertz CT molecular complexity index is 806. The minimum Gasteiger partial charge on any atom is -0.488 e. The fourth-order valence-corrected chi connectivity index (χ4v) is 4.33. The van der Waals surface area contributed by atoms with Gasteiger partial charge in [0.1, 0.15) is 18.0 Å². The quantitative estimate of drug-likeness (QED) is 0.741. The number of amides is 1. The van der Waals surface area contributed by atoms with Crippen molar-refractivity contribution in [3.63, 3.8) is 0 Å². The molecule has 1 aliphatic heterocycles. The number of hydrogen-bond acceptors (Lipinski definition) is 6. The van der Waals surface area contributed by atoms with Crippen LogP contribution in [-0.2, 0) is 11.8 Å². The Morgan fingerprint density at radius 2 is 2.07 bits per heavy atom. The zero-order chi connectivity index (χ0) is 20.2. The lowest BCUT2D eigenvalue weighted by Crippen LogP contribution is -2.52. The summed E-state index contributed by atoms with van der Waals surface area (Å²) in [6.45, 7) is 3.32. The molecular formula is C21H28N4O4. The minimum absolute atomic E-state index is 0.0810. The first kappa shape index (κ1) is 19.9. The maximum absolute atomic E-state index is 12.5. The largest absolute Gasteiger partial charge is 0.488 e. The van der Waals surface area contributed by atoms with Crippen LogP contribution in [0.1, 0.15) is 16.8 Å². The monoisotopic (exact) mass is 400 g/mol. The van der Waals surface area contributed by atoms with Crippen molar-refractivity contribution in [3.05, 3.63) is 48.3 Å². The third-order valence-electron chi connectivity index (χ3n) is 5.74. The van der Waals surface area contributed by atoms with Crippen LogP contribution in [0.15, 0.2) is 42.7 Å². The molecule has 0 unspecified atom stereocenters. The van der Waals surface area contributed by atoms with E-state index in [2.05, 4.69) is 15.3 Å². The Kier molecular flexibility index (Phi) is 6.13. The second kappa shape index (κ2) is 8.94. The first-order valence-electron chi connectivity index (χ1n) is 10.1. The highest BCUT2D eigenvalue weighted by atomic mass is 16.5. The summed E-state index contributed by atoms with van der Waals surface area (Å²) < 4.78 is 13.2. The van der Waals surface area contributed by atoms with Gasteiger partial charge in [0, 0.05) is 38.9 Å². The number of ether oxygens (including phenoxy) is 2. The van der Waals surface area contributed by atoms with E-state index < -0.39 is 6.10 Å². The molecule has 4 rings (SSSR count). The number of nitrogens with zero attached hydrogens (tertiary/aromatic N) is 3. The molecule has 1 aromatic carbocycles. The second-order valence-electron chi connectivity index (χ2n) is 7.71. The van der Waals surface area contributed by atoms with Gasteiger partial charge in [-0.3, -0.25) is 14.4 Å². The zero-order valence-electron chi connectivity index (χ0n) is 16.6. The van der Waals surface area contributed by atoms with Crippen LogP contribution in [0.5, 0.6) is 5.75 Å². The molecule has 2 aliphatic rings. The summed E-state index contributed by atoms with van der Waals surface area (Å²) in [4.78, 5) is 14.7. The van der Waals surface area contributed by atoms with Crippen LogP contribution in [0.25, 0.3) is 0 Å². The van der Waals surface area contributed by atoms with Gasteiger partial charge >= 0.3 is 0 Å². The van der Waals surface area contributed by atoms with Crippen LogP contribution in [0, 0.1) is 5.92 Å². The van der Waals surface area contributed by atoms with Gasteiger partial charge < -0.3 is 19.9 Å². The van der Waals surface area contributed by atoms with Gasteiger partial charge in [0.15, 0.2) is 0 Å². The standard InChI is InChI=1S/C21H28N4O4/c1-24-14-16(13-23-24)21(27)22-12-15-11-18(29-17-5-3-2-4-6-17)20(26)19(15)25-7-9-28-10-8-25/h2-6,13-15,18-20,26H,7-12H2,1H3,(H,22,27)/t15-,18+,19-,20-/m0/s1. The third kappa shape index (κ3) is 4.60. The fourth-order valence-electron chi connectivity index (χ4n) is 4.33. The molecule has 1 saturated carbocycles. The summed E-state index contributed by atoms with van der Waals surface area (Å²) in [6, 6.07) is 9.48. The summed E-state index contributed by atoms with van der Waals surface area (Å²) in [5.74, 6) is 0.676. The third-order valence-corrected chi connectivity index (χ3v) is 5.74. The fraction of sp³-hybridized carbons (Fsp3) is 0.524. The van der Waals surface area contributed by atoms with Crippen molar-refractivity contribution < 1.29 is 19.4 Å². The van der Waals surface area contributed by atoms with E-state index in [1.807, 2.05) is 30.3 Å². The number of aryl methyl sites for hydroxylation is 1. The van der Waals surface area contributed by atoms with Crippen LogP contribution in [0.2, 0.25) is 0 Å². The lowest BCUT2D eigenvalue weighted by Gasteiger charge is -2.37. The van der Waals surface area contributed by atoms with Gasteiger partial charge in [-0.15, -0.1) is 0 Å². The molecule has 2 fully saturated rings. The Morgan fingerprint density at radius 3 is 2.76 bits per heavy atom. The molecule has 8 nitrogen and oxygen atoms in total. The Balaban J connectivity index is 1.45. The molecule has 4 atom stereocenters. The molecule has 0 bridgehead atoms. The number of carbonyl (C=O) groups excluding carboxylic acids is 1. The number of aliphatic hydroxyl groups excluding tert-OH is 1. The molecule has 1 amide bonds. The van der Waals surface area contributed by atoms with Crippen LogP contribution >= 0.6 is 0 Å². The van der Waals surface area contributed by atoms with Gasteiger partial charge in [-0.2, -0.15) is 5.10 Å². The van der Waals surface area contributed by atoms with Crippen molar-refractivity contribution in [1.82, 2.24) is 20.0 Å². The van der Waals surface area contributed by atoms with E-state index in [4.69, 9.17) is 9.47 Å². The van der Waals surface area contributed by atoms with Gasteiger partial charge in [0.05, 0.1) is 25.0 Å². The van der Waals surface area contributed by atoms with Gasteiger partial charge in [0.2, 0.25) is 0 Å². The summed E-state index contributed by atoms with van der Waals surface area (Å²) >= 11 is 0. The first-order chi connectivity index (χ1) is 14.1. The minimum atomic E-state index is -0.631. The predicted octanol–water partition coefficient (Wildman–Crippen LogP) is 0.679. The number of aromatic nitrogens is 2. The van der Waals surface area contributed by atoms with Crippen molar-refractivity contribution in [2.45, 2.75) is 24.7 Å². The van der Waals surface area contributed by atoms with Crippen LogP contribution in [0.4, 0.5) is 0 Å². The molecule has 2 aromatic rings. The first-order valence-corrected chi connectivity index (χ1v) is 10.1. The van der Waals surface area contributed by atoms with Gasteiger partial charge in [-0.25, -0.2) is 0 Å². The topological polar surface area (TPSA) is 88.9 Å². The second-order valence-corrected chi connectivity index (χ2v) is 7.71.